The predicted molar refractivity (Wildman–Crippen MR) is 90.6 cm³/mol. The Morgan fingerprint density at radius 3 is 2.56 bits per heavy atom. The zero-order valence-electron chi connectivity index (χ0n) is 13.7. The summed E-state index contributed by atoms with van der Waals surface area (Å²) in [5.74, 6) is -0.305. The third kappa shape index (κ3) is 5.50. The third-order valence-corrected chi connectivity index (χ3v) is 3.20. The van der Waals surface area contributed by atoms with Crippen LogP contribution in [0.3, 0.4) is 0 Å². The van der Waals surface area contributed by atoms with E-state index in [0.29, 0.717) is 5.69 Å². The number of nitrogens with one attached hydrogen (secondary N) is 1. The van der Waals surface area contributed by atoms with Crippen molar-refractivity contribution in [1.82, 2.24) is 0 Å². The molecule has 132 valence electrons. The normalized spacial score (nSPS) is 10.0. The summed E-state index contributed by atoms with van der Waals surface area (Å²) in [5.41, 5.74) is 1.44. The van der Waals surface area contributed by atoms with E-state index >= 15 is 0 Å². The Hall–Kier alpha value is -3.06. The Labute approximate surface area is 145 Å². The Morgan fingerprint density at radius 2 is 1.88 bits per heavy atom. The standard InChI is InChI=1S/C18H19NO6/c1-23-17(21)14-7-8-15(16(11-14)24-10-9-20)19-18(22)25-12-13-5-3-2-4-6-13/h2-8,11,20H,9-10,12H2,1H3,(H,19,22). The van der Waals surface area contributed by atoms with Crippen molar-refractivity contribution >= 4 is 17.7 Å². The first-order valence-corrected chi connectivity index (χ1v) is 7.57. The van der Waals surface area contributed by atoms with E-state index in [-0.39, 0.29) is 31.1 Å². The Bertz CT molecular complexity index is 717. The number of hydrogen-bond acceptors (Lipinski definition) is 6. The Balaban J connectivity index is 2.05. The van der Waals surface area contributed by atoms with E-state index in [0.717, 1.165) is 5.56 Å². The van der Waals surface area contributed by atoms with Gasteiger partial charge in [-0.05, 0) is 23.8 Å². The fourth-order valence-corrected chi connectivity index (χ4v) is 2.01. The molecule has 2 aromatic carbocycles. The number of aliphatic hydroxyl groups is 1. The van der Waals surface area contributed by atoms with Crippen molar-refractivity contribution in [2.24, 2.45) is 0 Å². The molecule has 0 aliphatic rings. The maximum atomic E-state index is 12.0. The molecule has 7 heteroatoms. The molecule has 25 heavy (non-hydrogen) atoms. The molecule has 0 aliphatic heterocycles. The number of carbonyl (C=O) groups is 2. The summed E-state index contributed by atoms with van der Waals surface area (Å²) in [6.45, 7) is -0.0710. The van der Waals surface area contributed by atoms with Gasteiger partial charge in [0.25, 0.3) is 0 Å². The molecule has 0 atom stereocenters. The van der Waals surface area contributed by atoms with E-state index < -0.39 is 12.1 Å². The Morgan fingerprint density at radius 1 is 1.12 bits per heavy atom. The monoisotopic (exact) mass is 345 g/mol. The maximum Gasteiger partial charge on any atom is 0.412 e. The van der Waals surface area contributed by atoms with Crippen LogP contribution in [0, 0.1) is 0 Å². The minimum atomic E-state index is -0.663. The number of ether oxygens (including phenoxy) is 3. The molecule has 7 nitrogen and oxygen atoms in total. The van der Waals surface area contributed by atoms with Gasteiger partial charge in [0.15, 0.2) is 0 Å². The molecular formula is C18H19NO6. The van der Waals surface area contributed by atoms with Crippen molar-refractivity contribution in [3.8, 4) is 5.75 Å². The van der Waals surface area contributed by atoms with Crippen molar-refractivity contribution in [1.29, 1.82) is 0 Å². The molecule has 0 aromatic heterocycles. The number of anilines is 1. The zero-order chi connectivity index (χ0) is 18.1. The second-order valence-corrected chi connectivity index (χ2v) is 4.96. The first kappa shape index (κ1) is 18.3. The summed E-state index contributed by atoms with van der Waals surface area (Å²) in [5, 5.41) is 11.5. The van der Waals surface area contributed by atoms with Crippen molar-refractivity contribution in [2.45, 2.75) is 6.61 Å². The van der Waals surface area contributed by atoms with Crippen molar-refractivity contribution in [3.05, 3.63) is 59.7 Å². The van der Waals surface area contributed by atoms with E-state index in [4.69, 9.17) is 14.6 Å². The molecule has 0 bridgehead atoms. The van der Waals surface area contributed by atoms with Crippen LogP contribution in [0.5, 0.6) is 5.75 Å². The maximum absolute atomic E-state index is 12.0. The molecule has 2 aromatic rings. The molecule has 0 heterocycles. The summed E-state index contributed by atoms with van der Waals surface area (Å²) in [4.78, 5) is 23.6. The molecule has 0 saturated carbocycles. The molecule has 2 N–H and O–H groups in total. The van der Waals surface area contributed by atoms with Gasteiger partial charge in [0.1, 0.15) is 19.0 Å². The number of hydrogen-bond donors (Lipinski definition) is 2. The van der Waals surface area contributed by atoms with Crippen LogP contribution in [0.4, 0.5) is 10.5 Å². The summed E-state index contributed by atoms with van der Waals surface area (Å²) < 4.78 is 15.1. The molecule has 0 saturated heterocycles. The van der Waals surface area contributed by atoms with Crippen LogP contribution in [0.1, 0.15) is 15.9 Å². The zero-order valence-corrected chi connectivity index (χ0v) is 13.7. The molecule has 2 rings (SSSR count). The molecule has 0 radical (unpaired) electrons. The molecule has 0 fully saturated rings. The topological polar surface area (TPSA) is 94.1 Å². The number of amides is 1. The number of methoxy groups -OCH3 is 1. The van der Waals surface area contributed by atoms with E-state index in [1.54, 1.807) is 0 Å². The predicted octanol–water partition coefficient (Wildman–Crippen LogP) is 2.59. The lowest BCUT2D eigenvalue weighted by atomic mass is 10.2. The highest BCUT2D eigenvalue weighted by Crippen LogP contribution is 2.26. The number of carbonyl (C=O) groups excluding carboxylic acids is 2. The molecule has 0 unspecified atom stereocenters. The van der Waals surface area contributed by atoms with E-state index in [1.807, 2.05) is 30.3 Å². The average molecular weight is 345 g/mol. The SMILES string of the molecule is COC(=O)c1ccc(NC(=O)OCc2ccccc2)c(OCCO)c1. The van der Waals surface area contributed by atoms with Gasteiger partial charge in [-0.3, -0.25) is 5.32 Å². The minimum Gasteiger partial charge on any atom is -0.489 e. The van der Waals surface area contributed by atoms with E-state index in [2.05, 4.69) is 10.1 Å². The fourth-order valence-electron chi connectivity index (χ4n) is 2.01. The minimum absolute atomic E-state index is 0.0123. The Kier molecular flexibility index (Phi) is 6.79. The molecular weight excluding hydrogens is 326 g/mol. The lowest BCUT2D eigenvalue weighted by molar-refractivity contribution is 0.0600. The van der Waals surface area contributed by atoms with Gasteiger partial charge in [-0.2, -0.15) is 0 Å². The number of benzene rings is 2. The summed E-state index contributed by atoms with van der Waals surface area (Å²) in [6.07, 6.45) is -0.663. The number of rotatable bonds is 7. The van der Waals surface area contributed by atoms with Gasteiger partial charge in [-0.1, -0.05) is 30.3 Å². The van der Waals surface area contributed by atoms with Crippen LogP contribution in [0.15, 0.2) is 48.5 Å². The molecule has 1 amide bonds. The molecule has 0 spiro atoms. The van der Waals surface area contributed by atoms with E-state index in [1.165, 1.54) is 25.3 Å². The smallest absolute Gasteiger partial charge is 0.412 e. The number of esters is 1. The van der Waals surface area contributed by atoms with Gasteiger partial charge in [-0.15, -0.1) is 0 Å². The van der Waals surface area contributed by atoms with Gasteiger partial charge in [0.2, 0.25) is 0 Å². The first-order valence-electron chi connectivity index (χ1n) is 7.57. The highest BCUT2D eigenvalue weighted by atomic mass is 16.5. The van der Waals surface area contributed by atoms with Gasteiger partial charge >= 0.3 is 12.1 Å². The first-order chi connectivity index (χ1) is 12.1. The van der Waals surface area contributed by atoms with Gasteiger partial charge in [0.05, 0.1) is 25.0 Å². The van der Waals surface area contributed by atoms with Crippen LogP contribution in [-0.4, -0.2) is 37.5 Å². The van der Waals surface area contributed by atoms with Gasteiger partial charge in [-0.25, -0.2) is 9.59 Å². The largest absolute Gasteiger partial charge is 0.489 e. The van der Waals surface area contributed by atoms with Gasteiger partial charge in [0, 0.05) is 0 Å². The number of aliphatic hydroxyl groups excluding tert-OH is 1. The second-order valence-electron chi connectivity index (χ2n) is 4.96. The van der Waals surface area contributed by atoms with Crippen LogP contribution in [0.25, 0.3) is 0 Å². The second kappa shape index (κ2) is 9.29. The highest BCUT2D eigenvalue weighted by Gasteiger charge is 2.13. The third-order valence-electron chi connectivity index (χ3n) is 3.20. The van der Waals surface area contributed by atoms with Crippen LogP contribution in [0.2, 0.25) is 0 Å². The lowest BCUT2D eigenvalue weighted by Gasteiger charge is -2.13. The summed E-state index contributed by atoms with van der Waals surface area (Å²) in [7, 11) is 1.27. The average Bonchev–Trinajstić information content (AvgIpc) is 2.65. The lowest BCUT2D eigenvalue weighted by Crippen LogP contribution is -2.15. The fraction of sp³-hybridized carbons (Fsp3) is 0.222. The van der Waals surface area contributed by atoms with Crippen LogP contribution < -0.4 is 10.1 Å². The van der Waals surface area contributed by atoms with Crippen molar-refractivity contribution in [3.63, 3.8) is 0 Å². The summed E-state index contributed by atoms with van der Waals surface area (Å²) >= 11 is 0. The van der Waals surface area contributed by atoms with E-state index in [9.17, 15) is 9.59 Å². The van der Waals surface area contributed by atoms with Crippen LogP contribution >= 0.6 is 0 Å². The van der Waals surface area contributed by atoms with Crippen molar-refractivity contribution in [2.75, 3.05) is 25.6 Å². The summed E-state index contributed by atoms with van der Waals surface area (Å²) in [6, 6.07) is 13.7. The van der Waals surface area contributed by atoms with Crippen LogP contribution in [-0.2, 0) is 16.1 Å². The highest BCUT2D eigenvalue weighted by molar-refractivity contribution is 5.92. The van der Waals surface area contributed by atoms with Crippen molar-refractivity contribution < 1.29 is 28.9 Å². The molecule has 0 aliphatic carbocycles. The quantitative estimate of drug-likeness (QED) is 0.749. The van der Waals surface area contributed by atoms with Gasteiger partial charge < -0.3 is 19.3 Å².